The molecule has 0 spiro atoms. The van der Waals surface area contributed by atoms with Gasteiger partial charge in [-0.25, -0.2) is 0 Å². The Morgan fingerprint density at radius 3 is 2.87 bits per heavy atom. The molecule has 84 valence electrons. The van der Waals surface area contributed by atoms with Crippen LogP contribution in [0, 0.1) is 0 Å². The lowest BCUT2D eigenvalue weighted by Gasteiger charge is -2.23. The quantitative estimate of drug-likeness (QED) is 0.771. The second-order valence-corrected chi connectivity index (χ2v) is 3.67. The third-order valence-electron chi connectivity index (χ3n) is 2.58. The van der Waals surface area contributed by atoms with Crippen LogP contribution in [0.1, 0.15) is 19.4 Å². The van der Waals surface area contributed by atoms with Crippen molar-refractivity contribution >= 4 is 0 Å². The summed E-state index contributed by atoms with van der Waals surface area (Å²) in [5.41, 5.74) is 1.24. The normalized spacial score (nSPS) is 14.9. The summed E-state index contributed by atoms with van der Waals surface area (Å²) in [5, 5.41) is 3.43. The monoisotopic (exact) mass is 208 g/mol. The number of rotatable bonds is 6. The molecule has 2 unspecified atom stereocenters. The molecule has 3 heteroatoms. The van der Waals surface area contributed by atoms with E-state index in [9.17, 15) is 0 Å². The lowest BCUT2D eigenvalue weighted by atomic mass is 10.0. The Hall–Kier alpha value is -0.930. The predicted octanol–water partition coefficient (Wildman–Crippen LogP) is 1.64. The molecule has 0 aliphatic heterocycles. The zero-order valence-electron chi connectivity index (χ0n) is 9.73. The molecule has 0 bridgehead atoms. The smallest absolute Gasteiger partial charge is 0.0699 e. The van der Waals surface area contributed by atoms with Crippen molar-refractivity contribution in [2.45, 2.75) is 32.4 Å². The Kier molecular flexibility index (Phi) is 5.29. The number of pyridine rings is 1. The van der Waals surface area contributed by atoms with Gasteiger partial charge in [-0.05, 0) is 31.5 Å². The van der Waals surface area contributed by atoms with Crippen molar-refractivity contribution < 1.29 is 4.74 Å². The van der Waals surface area contributed by atoms with Crippen molar-refractivity contribution in [1.82, 2.24) is 10.3 Å². The Morgan fingerprint density at radius 2 is 2.33 bits per heavy atom. The van der Waals surface area contributed by atoms with Gasteiger partial charge in [-0.1, -0.05) is 13.0 Å². The first-order valence-corrected chi connectivity index (χ1v) is 5.43. The van der Waals surface area contributed by atoms with Gasteiger partial charge in [0.1, 0.15) is 0 Å². The molecule has 0 aromatic carbocycles. The molecule has 2 atom stereocenters. The first kappa shape index (κ1) is 12.1. The highest BCUT2D eigenvalue weighted by Crippen LogP contribution is 2.06. The number of nitrogens with zero attached hydrogens (tertiary/aromatic N) is 1. The summed E-state index contributed by atoms with van der Waals surface area (Å²) in [7, 11) is 1.75. The number of ether oxygens (including phenoxy) is 1. The van der Waals surface area contributed by atoms with Gasteiger partial charge in [0, 0.05) is 25.5 Å². The lowest BCUT2D eigenvalue weighted by molar-refractivity contribution is 0.0836. The second kappa shape index (κ2) is 6.53. The SMILES string of the molecule is CCNC(Cc1cccnc1)C(C)OC. The van der Waals surface area contributed by atoms with E-state index in [-0.39, 0.29) is 6.10 Å². The summed E-state index contributed by atoms with van der Waals surface area (Å²) in [5.74, 6) is 0. The molecule has 0 fully saturated rings. The van der Waals surface area contributed by atoms with Crippen LogP contribution in [0.3, 0.4) is 0 Å². The molecular weight excluding hydrogens is 188 g/mol. The number of aromatic nitrogens is 1. The predicted molar refractivity (Wildman–Crippen MR) is 61.9 cm³/mol. The van der Waals surface area contributed by atoms with E-state index in [1.807, 2.05) is 12.3 Å². The standard InChI is InChI=1S/C12H20N2O/c1-4-14-12(10(2)15-3)8-11-6-5-7-13-9-11/h5-7,9-10,12,14H,4,8H2,1-3H3. The maximum Gasteiger partial charge on any atom is 0.0699 e. The third-order valence-corrected chi connectivity index (χ3v) is 2.58. The van der Waals surface area contributed by atoms with Crippen molar-refractivity contribution in [2.75, 3.05) is 13.7 Å². The van der Waals surface area contributed by atoms with Gasteiger partial charge in [-0.3, -0.25) is 4.98 Å². The zero-order chi connectivity index (χ0) is 11.1. The maximum atomic E-state index is 5.35. The van der Waals surface area contributed by atoms with Crippen LogP contribution in [0.15, 0.2) is 24.5 Å². The number of nitrogens with one attached hydrogen (secondary N) is 1. The zero-order valence-corrected chi connectivity index (χ0v) is 9.73. The highest BCUT2D eigenvalue weighted by atomic mass is 16.5. The van der Waals surface area contributed by atoms with E-state index in [1.54, 1.807) is 13.3 Å². The first-order valence-electron chi connectivity index (χ1n) is 5.43. The molecule has 0 radical (unpaired) electrons. The van der Waals surface area contributed by atoms with Crippen LogP contribution in [0.4, 0.5) is 0 Å². The maximum absolute atomic E-state index is 5.35. The number of hydrogen-bond donors (Lipinski definition) is 1. The minimum Gasteiger partial charge on any atom is -0.380 e. The highest BCUT2D eigenvalue weighted by molar-refractivity contribution is 5.10. The molecule has 0 aliphatic rings. The third kappa shape index (κ3) is 3.98. The van der Waals surface area contributed by atoms with Gasteiger partial charge in [0.25, 0.3) is 0 Å². The second-order valence-electron chi connectivity index (χ2n) is 3.67. The Morgan fingerprint density at radius 1 is 1.53 bits per heavy atom. The minimum absolute atomic E-state index is 0.213. The van der Waals surface area contributed by atoms with Gasteiger partial charge in [0.05, 0.1) is 6.10 Å². The fourth-order valence-electron chi connectivity index (χ4n) is 1.60. The van der Waals surface area contributed by atoms with Crippen LogP contribution >= 0.6 is 0 Å². The van der Waals surface area contributed by atoms with Crippen molar-refractivity contribution in [3.05, 3.63) is 30.1 Å². The number of hydrogen-bond acceptors (Lipinski definition) is 3. The van der Waals surface area contributed by atoms with E-state index in [0.29, 0.717) is 6.04 Å². The van der Waals surface area contributed by atoms with Crippen LogP contribution in [-0.2, 0) is 11.2 Å². The summed E-state index contributed by atoms with van der Waals surface area (Å²) in [6, 6.07) is 4.42. The van der Waals surface area contributed by atoms with Gasteiger partial charge in [-0.15, -0.1) is 0 Å². The molecule has 0 saturated carbocycles. The van der Waals surface area contributed by atoms with Crippen molar-refractivity contribution in [1.29, 1.82) is 0 Å². The molecular formula is C12H20N2O. The largest absolute Gasteiger partial charge is 0.380 e. The van der Waals surface area contributed by atoms with E-state index < -0.39 is 0 Å². The van der Waals surface area contributed by atoms with Gasteiger partial charge in [0.2, 0.25) is 0 Å². The number of likely N-dealkylation sites (N-methyl/N-ethyl adjacent to an activating group) is 1. The molecule has 3 nitrogen and oxygen atoms in total. The summed E-state index contributed by atoms with van der Waals surface area (Å²) in [4.78, 5) is 4.11. The van der Waals surface area contributed by atoms with Crippen LogP contribution in [0.25, 0.3) is 0 Å². The highest BCUT2D eigenvalue weighted by Gasteiger charge is 2.15. The van der Waals surface area contributed by atoms with Gasteiger partial charge in [0.15, 0.2) is 0 Å². The van der Waals surface area contributed by atoms with Crippen LogP contribution in [0.5, 0.6) is 0 Å². The van der Waals surface area contributed by atoms with Crippen LogP contribution < -0.4 is 5.32 Å². The molecule has 15 heavy (non-hydrogen) atoms. The Balaban J connectivity index is 2.58. The van der Waals surface area contributed by atoms with E-state index in [1.165, 1.54) is 5.56 Å². The molecule has 0 saturated heterocycles. The fourth-order valence-corrected chi connectivity index (χ4v) is 1.60. The molecule has 0 amide bonds. The lowest BCUT2D eigenvalue weighted by Crippen LogP contribution is -2.40. The van der Waals surface area contributed by atoms with E-state index in [4.69, 9.17) is 4.74 Å². The summed E-state index contributed by atoms with van der Waals surface area (Å²) < 4.78 is 5.35. The van der Waals surface area contributed by atoms with Crippen molar-refractivity contribution in [3.63, 3.8) is 0 Å². The van der Waals surface area contributed by atoms with Crippen molar-refractivity contribution in [2.24, 2.45) is 0 Å². The van der Waals surface area contributed by atoms with Gasteiger partial charge < -0.3 is 10.1 Å². The summed E-state index contributed by atoms with van der Waals surface area (Å²) in [6.45, 7) is 5.15. The molecule has 0 aliphatic carbocycles. The summed E-state index contributed by atoms with van der Waals surface area (Å²) in [6.07, 6.45) is 4.87. The van der Waals surface area contributed by atoms with Crippen molar-refractivity contribution in [3.8, 4) is 0 Å². The average Bonchev–Trinajstić information content (AvgIpc) is 2.29. The van der Waals surface area contributed by atoms with E-state index >= 15 is 0 Å². The van der Waals surface area contributed by atoms with Gasteiger partial charge in [-0.2, -0.15) is 0 Å². The first-order chi connectivity index (χ1) is 7.27. The van der Waals surface area contributed by atoms with E-state index in [2.05, 4.69) is 30.2 Å². The van der Waals surface area contributed by atoms with Crippen LogP contribution in [0.2, 0.25) is 0 Å². The summed E-state index contributed by atoms with van der Waals surface area (Å²) >= 11 is 0. The minimum atomic E-state index is 0.213. The van der Waals surface area contributed by atoms with Crippen LogP contribution in [-0.4, -0.2) is 30.8 Å². The average molecular weight is 208 g/mol. The van der Waals surface area contributed by atoms with E-state index in [0.717, 1.165) is 13.0 Å². The molecule has 1 aromatic heterocycles. The topological polar surface area (TPSA) is 34.2 Å². The molecule has 1 N–H and O–H groups in total. The number of methoxy groups -OCH3 is 1. The fraction of sp³-hybridized carbons (Fsp3) is 0.583. The Labute approximate surface area is 91.9 Å². The van der Waals surface area contributed by atoms with Gasteiger partial charge >= 0.3 is 0 Å². The molecule has 1 rings (SSSR count). The molecule has 1 heterocycles. The Bertz CT molecular complexity index is 264. The molecule has 1 aromatic rings.